The van der Waals surface area contributed by atoms with Crippen LogP contribution in [0.2, 0.25) is 10.2 Å². The Balaban J connectivity index is 0.00000242. The average Bonchev–Trinajstić information content (AvgIpc) is 2.47. The van der Waals surface area contributed by atoms with Crippen molar-refractivity contribution in [3.63, 3.8) is 0 Å². The van der Waals surface area contributed by atoms with Crippen LogP contribution in [0, 0.1) is 5.82 Å². The Bertz CT molecular complexity index is 680. The Hall–Kier alpha value is -1.52. The van der Waals surface area contributed by atoms with Crippen molar-refractivity contribution in [1.82, 2.24) is 10.2 Å². The van der Waals surface area contributed by atoms with Crippen molar-refractivity contribution in [2.24, 2.45) is 0 Å². The second-order valence-corrected chi connectivity index (χ2v) is 5.50. The van der Waals surface area contributed by atoms with Gasteiger partial charge in [0.1, 0.15) is 11.5 Å². The first-order chi connectivity index (χ1) is 9.95. The van der Waals surface area contributed by atoms with Gasteiger partial charge in [-0.05, 0) is 36.1 Å². The molecule has 0 radical (unpaired) electrons. The molecule has 1 aromatic carbocycles. The van der Waals surface area contributed by atoms with E-state index in [0.29, 0.717) is 5.56 Å². The topological polar surface area (TPSA) is 42.9 Å². The number of halogens is 3. The van der Waals surface area contributed by atoms with E-state index < -0.39 is 11.6 Å². The summed E-state index contributed by atoms with van der Waals surface area (Å²) in [5.41, 5.74) is 0.291. The van der Waals surface area contributed by atoms with E-state index in [1.54, 1.807) is 6.07 Å². The van der Waals surface area contributed by atoms with Crippen molar-refractivity contribution in [3.8, 4) is 0 Å². The van der Waals surface area contributed by atoms with Gasteiger partial charge in [0.15, 0.2) is 5.15 Å². The molecular formula is C15H15Cl2FN2O. The molecule has 0 aliphatic heterocycles. The third kappa shape index (κ3) is 3.22. The zero-order valence-corrected chi connectivity index (χ0v) is 13.0. The summed E-state index contributed by atoms with van der Waals surface area (Å²) in [6.45, 7) is 3.84. The molecule has 0 aliphatic rings. The zero-order chi connectivity index (χ0) is 15.6. The minimum atomic E-state index is -0.605. The van der Waals surface area contributed by atoms with Crippen LogP contribution in [0.1, 0.15) is 49.2 Å². The number of ketones is 1. The Kier molecular flexibility index (Phi) is 4.91. The summed E-state index contributed by atoms with van der Waals surface area (Å²) in [4.78, 5) is 12.4. The predicted octanol–water partition coefficient (Wildman–Crippen LogP) is 4.91. The van der Waals surface area contributed by atoms with Gasteiger partial charge in [-0.2, -0.15) is 0 Å². The van der Waals surface area contributed by atoms with Crippen LogP contribution in [-0.4, -0.2) is 16.0 Å². The molecule has 2 aromatic rings. The molecule has 2 rings (SSSR count). The number of nitrogens with zero attached hydrogens (tertiary/aromatic N) is 2. The first-order valence-electron chi connectivity index (χ1n) is 6.47. The fourth-order valence-electron chi connectivity index (χ4n) is 1.94. The van der Waals surface area contributed by atoms with Gasteiger partial charge in [-0.3, -0.25) is 4.79 Å². The molecule has 0 fully saturated rings. The van der Waals surface area contributed by atoms with E-state index in [1.165, 1.54) is 18.2 Å². The first kappa shape index (κ1) is 15.9. The van der Waals surface area contributed by atoms with Crippen LogP contribution in [0.5, 0.6) is 0 Å². The summed E-state index contributed by atoms with van der Waals surface area (Å²) in [6, 6.07) is 5.95. The molecule has 0 N–H and O–H groups in total. The van der Waals surface area contributed by atoms with E-state index >= 15 is 0 Å². The molecule has 3 nitrogen and oxygen atoms in total. The van der Waals surface area contributed by atoms with E-state index in [1.807, 2.05) is 13.8 Å². The van der Waals surface area contributed by atoms with E-state index in [0.717, 1.165) is 6.42 Å². The second kappa shape index (κ2) is 6.50. The van der Waals surface area contributed by atoms with Crippen LogP contribution in [0.25, 0.3) is 0 Å². The highest BCUT2D eigenvalue weighted by Gasteiger charge is 2.23. The highest BCUT2D eigenvalue weighted by atomic mass is 35.5. The number of benzene rings is 1. The van der Waals surface area contributed by atoms with Crippen LogP contribution < -0.4 is 0 Å². The van der Waals surface area contributed by atoms with Gasteiger partial charge >= 0.3 is 0 Å². The van der Waals surface area contributed by atoms with Gasteiger partial charge in [-0.1, -0.05) is 43.1 Å². The van der Waals surface area contributed by atoms with Gasteiger partial charge in [0.05, 0.1) is 10.6 Å². The lowest BCUT2D eigenvalue weighted by atomic mass is 9.94. The van der Waals surface area contributed by atoms with Gasteiger partial charge < -0.3 is 0 Å². The third-order valence-corrected chi connectivity index (χ3v) is 3.87. The van der Waals surface area contributed by atoms with Crippen molar-refractivity contribution >= 4 is 29.0 Å². The number of carbonyl (C=O) groups excluding carboxylic acids is 1. The maximum absolute atomic E-state index is 14.6. The molecule has 0 aliphatic carbocycles. The first-order valence-corrected chi connectivity index (χ1v) is 7.23. The minimum absolute atomic E-state index is 0. The molecule has 0 bridgehead atoms. The number of hydrogen-bond acceptors (Lipinski definition) is 3. The summed E-state index contributed by atoms with van der Waals surface area (Å²) >= 11 is 11.6. The molecule has 0 amide bonds. The molecule has 21 heavy (non-hydrogen) atoms. The summed E-state index contributed by atoms with van der Waals surface area (Å²) in [7, 11) is 0. The highest BCUT2D eigenvalue weighted by molar-refractivity contribution is 6.35. The van der Waals surface area contributed by atoms with Crippen molar-refractivity contribution < 1.29 is 10.6 Å². The number of hydrogen-bond donors (Lipinski definition) is 0. The van der Waals surface area contributed by atoms with Gasteiger partial charge in [-0.15, -0.1) is 10.2 Å². The number of rotatable bonds is 4. The monoisotopic (exact) mass is 328 g/mol. The molecule has 0 saturated heterocycles. The van der Waals surface area contributed by atoms with Gasteiger partial charge in [0, 0.05) is 1.43 Å². The molecular weight excluding hydrogens is 314 g/mol. The van der Waals surface area contributed by atoms with Crippen molar-refractivity contribution in [3.05, 3.63) is 57.1 Å². The molecule has 112 valence electrons. The highest BCUT2D eigenvalue weighted by Crippen LogP contribution is 2.30. The quantitative estimate of drug-likeness (QED) is 0.748. The summed E-state index contributed by atoms with van der Waals surface area (Å²) in [5.74, 6) is -1.21. The smallest absolute Gasteiger partial charge is 0.217 e. The van der Waals surface area contributed by atoms with Gasteiger partial charge in [0.25, 0.3) is 0 Å². The van der Waals surface area contributed by atoms with Gasteiger partial charge in [0.2, 0.25) is 5.78 Å². The molecule has 6 heteroatoms. The normalized spacial score (nSPS) is 12.2. The Morgan fingerprint density at radius 1 is 1.29 bits per heavy atom. The van der Waals surface area contributed by atoms with Crippen LogP contribution in [0.4, 0.5) is 4.39 Å². The molecule has 0 unspecified atom stereocenters. The average molecular weight is 329 g/mol. The molecule has 0 spiro atoms. The van der Waals surface area contributed by atoms with Crippen LogP contribution >= 0.6 is 23.2 Å². The Morgan fingerprint density at radius 2 is 2.00 bits per heavy atom. The molecule has 1 heterocycles. The van der Waals surface area contributed by atoms with Crippen LogP contribution in [-0.2, 0) is 0 Å². The van der Waals surface area contributed by atoms with Crippen LogP contribution in [0.15, 0.2) is 24.3 Å². The Morgan fingerprint density at radius 3 is 2.57 bits per heavy atom. The van der Waals surface area contributed by atoms with Crippen molar-refractivity contribution in [2.75, 3.05) is 0 Å². The SMILES string of the molecule is CC[C@@H](C)c1ccc(Cl)c(C(=O)c2ccc(Cl)nn2)c1F.[HH]. The molecule has 0 saturated carbocycles. The largest absolute Gasteiger partial charge is 0.287 e. The zero-order valence-electron chi connectivity index (χ0n) is 11.5. The number of aromatic nitrogens is 2. The van der Waals surface area contributed by atoms with E-state index in [2.05, 4.69) is 10.2 Å². The second-order valence-electron chi connectivity index (χ2n) is 4.71. The van der Waals surface area contributed by atoms with E-state index in [4.69, 9.17) is 23.2 Å². The lowest BCUT2D eigenvalue weighted by molar-refractivity contribution is 0.102. The van der Waals surface area contributed by atoms with Gasteiger partial charge in [-0.25, -0.2) is 4.39 Å². The fraction of sp³-hybridized carbons (Fsp3) is 0.267. The lowest BCUT2D eigenvalue weighted by Gasteiger charge is -2.13. The van der Waals surface area contributed by atoms with Crippen molar-refractivity contribution in [2.45, 2.75) is 26.2 Å². The predicted molar refractivity (Wildman–Crippen MR) is 82.7 cm³/mol. The van der Waals surface area contributed by atoms with E-state index in [9.17, 15) is 9.18 Å². The minimum Gasteiger partial charge on any atom is -0.287 e. The van der Waals surface area contributed by atoms with Crippen LogP contribution in [0.3, 0.4) is 0 Å². The Labute approximate surface area is 133 Å². The maximum Gasteiger partial charge on any atom is 0.217 e. The summed E-state index contributed by atoms with van der Waals surface area (Å²) in [6.07, 6.45) is 0.757. The number of carbonyl (C=O) groups is 1. The molecule has 1 aromatic heterocycles. The fourth-order valence-corrected chi connectivity index (χ4v) is 2.27. The third-order valence-electron chi connectivity index (χ3n) is 3.36. The van der Waals surface area contributed by atoms with Crippen molar-refractivity contribution in [1.29, 1.82) is 0 Å². The summed E-state index contributed by atoms with van der Waals surface area (Å²) in [5, 5.41) is 7.48. The standard InChI is InChI=1S/C15H13Cl2FN2O.H2/c1-3-8(2)9-4-5-10(16)13(14(9)18)15(21)11-6-7-12(17)20-19-11;/h4-8H,3H2,1-2H3;1H/t8-;/m1./s1. The molecule has 1 atom stereocenters. The summed E-state index contributed by atoms with van der Waals surface area (Å²) < 4.78 is 14.6. The maximum atomic E-state index is 14.6. The lowest BCUT2D eigenvalue weighted by Crippen LogP contribution is -2.11. The van der Waals surface area contributed by atoms with E-state index in [-0.39, 0.29) is 28.8 Å².